The van der Waals surface area contributed by atoms with E-state index >= 15 is 0 Å². The van der Waals surface area contributed by atoms with Gasteiger partial charge in [-0.15, -0.1) is 0 Å². The molecule has 0 bridgehead atoms. The van der Waals surface area contributed by atoms with Gasteiger partial charge in [0.25, 0.3) is 0 Å². The van der Waals surface area contributed by atoms with Crippen LogP contribution in [0, 0.1) is 10.1 Å². The van der Waals surface area contributed by atoms with E-state index in [0.717, 1.165) is 6.07 Å². The molecule has 0 unspecified atom stereocenters. The number of nitro groups is 1. The second-order valence-corrected chi connectivity index (χ2v) is 4.90. The van der Waals surface area contributed by atoms with Gasteiger partial charge in [0.2, 0.25) is 5.82 Å². The van der Waals surface area contributed by atoms with E-state index in [0.29, 0.717) is 4.47 Å². The van der Waals surface area contributed by atoms with Crippen molar-refractivity contribution in [3.8, 4) is 0 Å². The van der Waals surface area contributed by atoms with Crippen LogP contribution in [0.15, 0.2) is 16.7 Å². The third-order valence-corrected chi connectivity index (χ3v) is 3.11. The maximum Gasteiger partial charge on any atom is 0.411 e. The molecule has 1 heterocycles. The molecule has 18 heavy (non-hydrogen) atoms. The van der Waals surface area contributed by atoms with E-state index < -0.39 is 22.3 Å². The summed E-state index contributed by atoms with van der Waals surface area (Å²) in [5.41, 5.74) is -2.56. The van der Waals surface area contributed by atoms with E-state index in [1.54, 1.807) is 0 Å². The fourth-order valence-corrected chi connectivity index (χ4v) is 1.81. The van der Waals surface area contributed by atoms with Gasteiger partial charge in [0.05, 0.1) is 4.92 Å². The second kappa shape index (κ2) is 4.08. The summed E-state index contributed by atoms with van der Waals surface area (Å²) < 4.78 is 38.5. The lowest BCUT2D eigenvalue weighted by atomic mass is 10.2. The van der Waals surface area contributed by atoms with Crippen LogP contribution in [-0.2, 0) is 0 Å². The molecule has 1 fully saturated rings. The SMILES string of the molecule is O=[N+]([O-])c1cc(Br)cnc1NC1(C(F)(F)F)CC1. The number of rotatable bonds is 3. The number of hydrogen-bond acceptors (Lipinski definition) is 4. The molecule has 9 heteroatoms. The Bertz CT molecular complexity index is 502. The number of hydrogen-bond donors (Lipinski definition) is 1. The smallest absolute Gasteiger partial charge is 0.350 e. The fraction of sp³-hybridized carbons (Fsp3) is 0.444. The minimum atomic E-state index is -4.45. The van der Waals surface area contributed by atoms with Crippen LogP contribution in [0.25, 0.3) is 0 Å². The molecule has 1 N–H and O–H groups in total. The summed E-state index contributed by atoms with van der Waals surface area (Å²) in [5.74, 6) is -0.363. The molecular formula is C9H7BrF3N3O2. The van der Waals surface area contributed by atoms with Crippen molar-refractivity contribution >= 4 is 27.4 Å². The Morgan fingerprint density at radius 3 is 2.56 bits per heavy atom. The third-order valence-electron chi connectivity index (χ3n) is 2.68. The summed E-state index contributed by atoms with van der Waals surface area (Å²) in [5, 5.41) is 12.9. The lowest BCUT2D eigenvalue weighted by Gasteiger charge is -2.20. The zero-order valence-corrected chi connectivity index (χ0v) is 10.4. The normalized spacial score (nSPS) is 17.3. The Morgan fingerprint density at radius 2 is 2.11 bits per heavy atom. The topological polar surface area (TPSA) is 68.1 Å². The monoisotopic (exact) mass is 325 g/mol. The first kappa shape index (κ1) is 13.1. The summed E-state index contributed by atoms with van der Waals surface area (Å²) in [4.78, 5) is 13.6. The molecule has 5 nitrogen and oxygen atoms in total. The average molecular weight is 326 g/mol. The maximum absolute atomic E-state index is 12.7. The molecule has 0 aliphatic heterocycles. The van der Waals surface area contributed by atoms with Crippen LogP contribution in [0.4, 0.5) is 24.7 Å². The van der Waals surface area contributed by atoms with E-state index in [2.05, 4.69) is 26.2 Å². The van der Waals surface area contributed by atoms with Crippen molar-refractivity contribution in [1.29, 1.82) is 0 Å². The van der Waals surface area contributed by atoms with Crippen LogP contribution < -0.4 is 5.32 Å². The molecule has 0 saturated heterocycles. The van der Waals surface area contributed by atoms with E-state index in [1.807, 2.05) is 0 Å². The van der Waals surface area contributed by atoms with Crippen LogP contribution in [0.2, 0.25) is 0 Å². The Hall–Kier alpha value is -1.38. The van der Waals surface area contributed by atoms with Gasteiger partial charge in [-0.05, 0) is 28.8 Å². The number of nitrogens with one attached hydrogen (secondary N) is 1. The number of anilines is 1. The second-order valence-electron chi connectivity index (χ2n) is 3.98. The number of nitrogens with zero attached hydrogens (tertiary/aromatic N) is 2. The summed E-state index contributed by atoms with van der Waals surface area (Å²) in [6.45, 7) is 0. The summed E-state index contributed by atoms with van der Waals surface area (Å²) >= 11 is 2.98. The van der Waals surface area contributed by atoms with E-state index in [9.17, 15) is 23.3 Å². The molecule has 0 aromatic carbocycles. The Kier molecular flexibility index (Phi) is 2.96. The summed E-state index contributed by atoms with van der Waals surface area (Å²) in [6, 6.07) is 1.11. The fourth-order valence-electron chi connectivity index (χ4n) is 1.50. The van der Waals surface area contributed by atoms with Crippen molar-refractivity contribution < 1.29 is 18.1 Å². The van der Waals surface area contributed by atoms with Gasteiger partial charge >= 0.3 is 11.9 Å². The Balaban J connectivity index is 2.33. The van der Waals surface area contributed by atoms with Gasteiger partial charge in [0, 0.05) is 16.7 Å². The van der Waals surface area contributed by atoms with E-state index in [-0.39, 0.29) is 18.7 Å². The molecule has 98 valence electrons. The van der Waals surface area contributed by atoms with Gasteiger partial charge in [0.1, 0.15) is 5.54 Å². The largest absolute Gasteiger partial charge is 0.411 e. The highest BCUT2D eigenvalue weighted by Gasteiger charge is 2.64. The molecule has 1 aliphatic carbocycles. The zero-order valence-electron chi connectivity index (χ0n) is 8.79. The van der Waals surface area contributed by atoms with E-state index in [4.69, 9.17) is 0 Å². The lowest BCUT2D eigenvalue weighted by Crippen LogP contribution is -2.39. The van der Waals surface area contributed by atoms with Crippen LogP contribution in [0.5, 0.6) is 0 Å². The first-order valence-corrected chi connectivity index (χ1v) is 5.69. The van der Waals surface area contributed by atoms with Crippen molar-refractivity contribution in [2.45, 2.75) is 24.6 Å². The van der Waals surface area contributed by atoms with Gasteiger partial charge in [-0.25, -0.2) is 4.98 Å². The first-order chi connectivity index (χ1) is 8.25. The van der Waals surface area contributed by atoms with Crippen LogP contribution in [0.1, 0.15) is 12.8 Å². The molecule has 2 rings (SSSR count). The Morgan fingerprint density at radius 1 is 1.50 bits per heavy atom. The number of aromatic nitrogens is 1. The van der Waals surface area contributed by atoms with Crippen molar-refractivity contribution in [3.05, 3.63) is 26.9 Å². The zero-order chi connectivity index (χ0) is 13.6. The highest BCUT2D eigenvalue weighted by Crippen LogP contribution is 2.51. The summed E-state index contributed by atoms with van der Waals surface area (Å²) in [6.07, 6.45) is -3.45. The molecule has 0 spiro atoms. The summed E-state index contributed by atoms with van der Waals surface area (Å²) in [7, 11) is 0. The van der Waals surface area contributed by atoms with Crippen LogP contribution in [0.3, 0.4) is 0 Å². The highest BCUT2D eigenvalue weighted by atomic mass is 79.9. The lowest BCUT2D eigenvalue weighted by molar-refractivity contribution is -0.384. The van der Waals surface area contributed by atoms with E-state index in [1.165, 1.54) is 6.20 Å². The molecule has 1 aromatic heterocycles. The van der Waals surface area contributed by atoms with Gasteiger partial charge < -0.3 is 5.32 Å². The van der Waals surface area contributed by atoms with Crippen molar-refractivity contribution in [3.63, 3.8) is 0 Å². The molecule has 0 radical (unpaired) electrons. The highest BCUT2D eigenvalue weighted by molar-refractivity contribution is 9.10. The quantitative estimate of drug-likeness (QED) is 0.684. The minimum absolute atomic E-state index is 0.106. The van der Waals surface area contributed by atoms with Crippen molar-refractivity contribution in [2.24, 2.45) is 0 Å². The van der Waals surface area contributed by atoms with Gasteiger partial charge in [-0.1, -0.05) is 0 Å². The molecule has 1 saturated carbocycles. The molecule has 1 aliphatic rings. The average Bonchev–Trinajstić information content (AvgIpc) is 3.00. The van der Waals surface area contributed by atoms with Gasteiger partial charge in [-0.2, -0.15) is 13.2 Å². The maximum atomic E-state index is 12.7. The molecule has 1 aromatic rings. The number of halogens is 4. The number of pyridine rings is 1. The Labute approximate surface area is 108 Å². The predicted molar refractivity (Wildman–Crippen MR) is 60.2 cm³/mol. The van der Waals surface area contributed by atoms with Gasteiger partial charge in [0.15, 0.2) is 0 Å². The van der Waals surface area contributed by atoms with Crippen LogP contribution >= 0.6 is 15.9 Å². The first-order valence-electron chi connectivity index (χ1n) is 4.90. The third kappa shape index (κ3) is 2.26. The molecule has 0 amide bonds. The number of alkyl halides is 3. The molecular weight excluding hydrogens is 319 g/mol. The minimum Gasteiger partial charge on any atom is -0.350 e. The van der Waals surface area contributed by atoms with Crippen molar-refractivity contribution in [1.82, 2.24) is 4.98 Å². The standard InChI is InChI=1S/C9H7BrF3N3O2/c10-5-3-6(16(17)18)7(14-4-5)15-8(1-2-8)9(11,12)13/h3-4H,1-2H2,(H,14,15). The van der Waals surface area contributed by atoms with Crippen LogP contribution in [-0.4, -0.2) is 21.6 Å². The predicted octanol–water partition coefficient (Wildman–Crippen LogP) is 3.26. The van der Waals surface area contributed by atoms with Crippen molar-refractivity contribution in [2.75, 3.05) is 5.32 Å². The van der Waals surface area contributed by atoms with Gasteiger partial charge in [-0.3, -0.25) is 10.1 Å². The molecule has 0 atom stereocenters.